The third-order valence-electron chi connectivity index (χ3n) is 9.84. The van der Waals surface area contributed by atoms with E-state index >= 15 is 0 Å². The number of methoxy groups -OCH3 is 2. The quantitative estimate of drug-likeness (QED) is 0.191. The summed E-state index contributed by atoms with van der Waals surface area (Å²) < 4.78 is 12.3. The fraction of sp³-hybridized carbons (Fsp3) is 0.0417. The van der Waals surface area contributed by atoms with Gasteiger partial charge in [-0.3, -0.25) is 0 Å². The van der Waals surface area contributed by atoms with Crippen LogP contribution in [0.5, 0.6) is 11.5 Å². The number of aliphatic imine (C=N–C) groups is 2. The molecule has 5 nitrogen and oxygen atoms in total. The monoisotopic (exact) mass is 685 g/mol. The van der Waals surface area contributed by atoms with E-state index in [0.29, 0.717) is 11.5 Å². The summed E-state index contributed by atoms with van der Waals surface area (Å²) in [6.07, 6.45) is 8.45. The molecule has 5 heteroatoms. The van der Waals surface area contributed by atoms with Crippen LogP contribution in [0.3, 0.4) is 0 Å². The summed E-state index contributed by atoms with van der Waals surface area (Å²) >= 11 is 0. The molecule has 53 heavy (non-hydrogen) atoms. The van der Waals surface area contributed by atoms with Gasteiger partial charge in [0.05, 0.1) is 37.0 Å². The molecular weight excluding hydrogens is 651 g/mol. The first kappa shape index (κ1) is 32.0. The van der Waals surface area contributed by atoms with Gasteiger partial charge in [0, 0.05) is 50.2 Å². The maximum Gasteiger partial charge on any atom is 0.130 e. The Morgan fingerprint density at radius 3 is 1.11 bits per heavy atom. The van der Waals surface area contributed by atoms with Gasteiger partial charge in [0.25, 0.3) is 0 Å². The van der Waals surface area contributed by atoms with Crippen molar-refractivity contribution in [2.75, 3.05) is 14.2 Å². The van der Waals surface area contributed by atoms with Crippen LogP contribution in [-0.4, -0.2) is 30.6 Å². The molecule has 0 spiro atoms. The first-order valence-electron chi connectivity index (χ1n) is 17.6. The molecule has 0 saturated heterocycles. The molecule has 0 atom stereocenters. The van der Waals surface area contributed by atoms with E-state index in [4.69, 9.17) is 19.5 Å². The summed E-state index contributed by atoms with van der Waals surface area (Å²) in [6, 6.07) is 50.1. The van der Waals surface area contributed by atoms with E-state index in [9.17, 15) is 0 Å². The number of H-pyrrole nitrogens is 1. The molecule has 0 fully saturated rings. The molecule has 0 amide bonds. The van der Waals surface area contributed by atoms with Crippen molar-refractivity contribution < 1.29 is 9.47 Å². The van der Waals surface area contributed by atoms with Gasteiger partial charge in [0.2, 0.25) is 0 Å². The molecule has 9 rings (SSSR count). The standard InChI is InChI=1S/C48H35N3O2/c1-52-43-30-44(53-2)36-29-35(43)45(31-15-7-3-8-16-31)37-23-25-39(49-37)47(33-19-11-5-12-20-33)41-27-28-42(51-41)48(34-21-13-6-14-22-34)40-26-24-38(50-40)46(36)32-17-9-4-10-18-32/h3-30,51H,1-2H3. The molecule has 3 aliphatic rings. The Kier molecular flexibility index (Phi) is 8.22. The van der Waals surface area contributed by atoms with Gasteiger partial charge < -0.3 is 14.5 Å². The van der Waals surface area contributed by atoms with Crippen molar-refractivity contribution >= 4 is 33.7 Å². The lowest BCUT2D eigenvalue weighted by molar-refractivity contribution is 0.393. The van der Waals surface area contributed by atoms with Crippen LogP contribution < -0.4 is 20.2 Å². The highest BCUT2D eigenvalue weighted by atomic mass is 16.5. The van der Waals surface area contributed by atoms with E-state index in [2.05, 4.69) is 145 Å². The van der Waals surface area contributed by atoms with E-state index in [1.807, 2.05) is 30.3 Å². The van der Waals surface area contributed by atoms with Crippen LogP contribution in [0.15, 0.2) is 191 Å². The van der Waals surface area contributed by atoms with E-state index < -0.39 is 0 Å². The van der Waals surface area contributed by atoms with Crippen LogP contribution in [0.25, 0.3) is 22.3 Å². The van der Waals surface area contributed by atoms with Gasteiger partial charge in [-0.05, 0) is 64.8 Å². The number of nitrogens with zero attached hydrogens (tertiary/aromatic N) is 2. The fourth-order valence-corrected chi connectivity index (χ4v) is 7.44. The first-order chi connectivity index (χ1) is 26.2. The Bertz CT molecular complexity index is 2510. The van der Waals surface area contributed by atoms with Gasteiger partial charge in [-0.15, -0.1) is 0 Å². The minimum Gasteiger partial charge on any atom is -0.496 e. The van der Waals surface area contributed by atoms with Crippen LogP contribution in [0.4, 0.5) is 0 Å². The lowest BCUT2D eigenvalue weighted by Crippen LogP contribution is -2.21. The molecule has 5 aromatic carbocycles. The molecule has 0 radical (unpaired) electrons. The zero-order valence-corrected chi connectivity index (χ0v) is 29.4. The largest absolute Gasteiger partial charge is 0.496 e. The van der Waals surface area contributed by atoms with E-state index in [0.717, 1.165) is 89.2 Å². The van der Waals surface area contributed by atoms with Crippen molar-refractivity contribution in [1.29, 1.82) is 0 Å². The Morgan fingerprint density at radius 2 is 0.755 bits per heavy atom. The second-order valence-electron chi connectivity index (χ2n) is 12.9. The van der Waals surface area contributed by atoms with Crippen LogP contribution >= 0.6 is 0 Å². The molecule has 254 valence electrons. The second kappa shape index (κ2) is 13.6. The normalized spacial score (nSPS) is 14.8. The molecule has 6 aromatic rings. The lowest BCUT2D eigenvalue weighted by atomic mass is 9.89. The summed E-state index contributed by atoms with van der Waals surface area (Å²) in [5, 5.41) is 1.93. The number of nitrogens with one attached hydrogen (secondary N) is 1. The van der Waals surface area contributed by atoms with Gasteiger partial charge >= 0.3 is 0 Å². The first-order valence-corrected chi connectivity index (χ1v) is 17.6. The van der Waals surface area contributed by atoms with Crippen molar-refractivity contribution in [3.63, 3.8) is 0 Å². The average Bonchev–Trinajstić information content (AvgIpc) is 4.00. The topological polar surface area (TPSA) is 59.0 Å². The Balaban J connectivity index is 1.47. The minimum atomic E-state index is 0.680. The molecule has 1 aromatic heterocycles. The molecule has 8 bridgehead atoms. The summed E-state index contributed by atoms with van der Waals surface area (Å²) in [7, 11) is 3.41. The Morgan fingerprint density at radius 1 is 0.396 bits per heavy atom. The third kappa shape index (κ3) is 5.78. The van der Waals surface area contributed by atoms with Gasteiger partial charge in [0.1, 0.15) is 11.5 Å². The van der Waals surface area contributed by atoms with Crippen molar-refractivity contribution in [3.05, 3.63) is 225 Å². The zero-order valence-electron chi connectivity index (χ0n) is 29.4. The molecule has 0 aliphatic carbocycles. The number of hydrogen-bond acceptors (Lipinski definition) is 4. The van der Waals surface area contributed by atoms with Gasteiger partial charge in [-0.2, -0.15) is 0 Å². The van der Waals surface area contributed by atoms with E-state index in [-0.39, 0.29) is 0 Å². The third-order valence-corrected chi connectivity index (χ3v) is 9.84. The SMILES string of the molecule is COc1cc(OC)c2cc1C(c1ccccc1)=C1C=CC(=N1)C(c1ccccc1)=c1ccc([nH]1)=C(c1ccccc1)C1=NC(=C2c2ccccc2)C=C1. The second-order valence-corrected chi connectivity index (χ2v) is 12.9. The predicted molar refractivity (Wildman–Crippen MR) is 216 cm³/mol. The molecule has 0 unspecified atom stereocenters. The van der Waals surface area contributed by atoms with Crippen molar-refractivity contribution in [3.8, 4) is 11.5 Å². The summed E-state index contributed by atoms with van der Waals surface area (Å²) in [5.41, 5.74) is 13.3. The smallest absolute Gasteiger partial charge is 0.130 e. The number of ether oxygens (including phenoxy) is 2. The number of hydrogen-bond donors (Lipinski definition) is 1. The Hall–Kier alpha value is -6.98. The van der Waals surface area contributed by atoms with Gasteiger partial charge in [-0.25, -0.2) is 9.98 Å². The van der Waals surface area contributed by atoms with E-state index in [1.165, 1.54) is 0 Å². The van der Waals surface area contributed by atoms with E-state index in [1.54, 1.807) is 14.2 Å². The summed E-state index contributed by atoms with van der Waals surface area (Å²) in [4.78, 5) is 14.7. The number of benzene rings is 5. The van der Waals surface area contributed by atoms with Gasteiger partial charge in [-0.1, -0.05) is 121 Å². The van der Waals surface area contributed by atoms with Crippen molar-refractivity contribution in [2.24, 2.45) is 9.98 Å². The number of aromatic amines is 1. The summed E-state index contributed by atoms with van der Waals surface area (Å²) in [5.74, 6) is 1.36. The number of rotatable bonds is 6. The minimum absolute atomic E-state index is 0.680. The van der Waals surface area contributed by atoms with Crippen LogP contribution in [0.1, 0.15) is 33.4 Å². The number of fused-ring (bicyclic) bond motifs is 6. The molecule has 3 aliphatic heterocycles. The fourth-order valence-electron chi connectivity index (χ4n) is 7.44. The number of allylic oxidation sites excluding steroid dienone is 4. The summed E-state index contributed by atoms with van der Waals surface area (Å²) in [6.45, 7) is 0. The highest BCUT2D eigenvalue weighted by Crippen LogP contribution is 2.44. The van der Waals surface area contributed by atoms with Crippen molar-refractivity contribution in [1.82, 2.24) is 4.98 Å². The molecular formula is C48H35N3O2. The molecule has 4 heterocycles. The Labute approximate surface area is 308 Å². The van der Waals surface area contributed by atoms with Crippen LogP contribution in [-0.2, 0) is 0 Å². The van der Waals surface area contributed by atoms with Crippen molar-refractivity contribution in [2.45, 2.75) is 0 Å². The average molecular weight is 686 g/mol. The highest BCUT2D eigenvalue weighted by Gasteiger charge is 2.26. The number of aromatic nitrogens is 1. The van der Waals surface area contributed by atoms with Crippen LogP contribution in [0, 0.1) is 0 Å². The van der Waals surface area contributed by atoms with Crippen LogP contribution in [0.2, 0.25) is 0 Å². The molecule has 1 N–H and O–H groups in total. The maximum absolute atomic E-state index is 6.15. The predicted octanol–water partition coefficient (Wildman–Crippen LogP) is 8.68. The molecule has 0 saturated carbocycles. The zero-order chi connectivity index (χ0) is 35.7. The lowest BCUT2D eigenvalue weighted by Gasteiger charge is -2.20. The maximum atomic E-state index is 6.15. The van der Waals surface area contributed by atoms with Gasteiger partial charge in [0.15, 0.2) is 0 Å². The highest BCUT2D eigenvalue weighted by molar-refractivity contribution is 6.31.